The summed E-state index contributed by atoms with van der Waals surface area (Å²) in [4.78, 5) is 0. The third-order valence-corrected chi connectivity index (χ3v) is 1.58. The van der Waals surface area contributed by atoms with Crippen LogP contribution in [0.3, 0.4) is 0 Å². The highest BCUT2D eigenvalue weighted by Crippen LogP contribution is 2.08. The van der Waals surface area contributed by atoms with E-state index in [1.54, 1.807) is 0 Å². The molecule has 1 rings (SSSR count). The van der Waals surface area contributed by atoms with Crippen LogP contribution in [0, 0.1) is 6.92 Å². The largest absolute Gasteiger partial charge is 0.362 e. The van der Waals surface area contributed by atoms with Gasteiger partial charge in [0.2, 0.25) is 0 Å². The number of allylic oxidation sites excluding steroid dienone is 1. The van der Waals surface area contributed by atoms with E-state index in [4.69, 9.17) is 0 Å². The first-order valence-corrected chi connectivity index (χ1v) is 4.15. The molecule has 0 bridgehead atoms. The number of nitrogens with one attached hydrogen (secondary N) is 1. The highest BCUT2D eigenvalue weighted by molar-refractivity contribution is 5.46. The average molecular weight is 163 g/mol. The Balaban J connectivity index is 0.00000144. The molecule has 1 nitrogen and oxygen atoms in total. The summed E-state index contributed by atoms with van der Waals surface area (Å²) in [5.74, 6) is 0. The molecule has 0 aromatic heterocycles. The molecule has 12 heavy (non-hydrogen) atoms. The van der Waals surface area contributed by atoms with Crippen LogP contribution in [0.1, 0.15) is 20.8 Å². The molecule has 0 amide bonds. The molecule has 0 heterocycles. The predicted octanol–water partition coefficient (Wildman–Crippen LogP) is 3.58. The Morgan fingerprint density at radius 1 is 1.25 bits per heavy atom. The van der Waals surface area contributed by atoms with Gasteiger partial charge in [-0.2, -0.15) is 0 Å². The Bertz CT molecular complexity index is 271. The molecule has 1 aromatic rings. The lowest BCUT2D eigenvalue weighted by Gasteiger charge is -2.01. The van der Waals surface area contributed by atoms with Crippen molar-refractivity contribution in [2.24, 2.45) is 0 Å². The summed E-state index contributed by atoms with van der Waals surface area (Å²) in [5, 5.41) is 3.21. The van der Waals surface area contributed by atoms with E-state index in [9.17, 15) is 0 Å². The van der Waals surface area contributed by atoms with Crippen molar-refractivity contribution in [2.45, 2.75) is 20.8 Å². The molecule has 0 aliphatic rings. The van der Waals surface area contributed by atoms with E-state index in [2.05, 4.69) is 50.4 Å². The molecule has 1 heteroatoms. The third-order valence-electron chi connectivity index (χ3n) is 1.58. The van der Waals surface area contributed by atoms with Gasteiger partial charge in [-0.05, 0) is 39.1 Å². The molecule has 0 saturated carbocycles. The molecular weight excluding hydrogens is 146 g/mol. The number of aryl methyl sites for hydroxylation is 1. The minimum absolute atomic E-state index is 0. The second-order valence-electron chi connectivity index (χ2n) is 3.23. The van der Waals surface area contributed by atoms with Gasteiger partial charge < -0.3 is 5.32 Å². The number of benzene rings is 1. The number of anilines is 1. The van der Waals surface area contributed by atoms with Crippen LogP contribution in [0.25, 0.3) is 0 Å². The molecule has 0 aliphatic heterocycles. The number of hydrogen-bond acceptors (Lipinski definition) is 1. The Hall–Kier alpha value is -1.24. The number of rotatable bonds is 2. The second kappa shape index (κ2) is 3.96. The molecule has 0 unspecified atom stereocenters. The monoisotopic (exact) mass is 163 g/mol. The first-order valence-electron chi connectivity index (χ1n) is 4.15. The fourth-order valence-electron chi connectivity index (χ4n) is 0.877. The molecule has 1 N–H and O–H groups in total. The van der Waals surface area contributed by atoms with Gasteiger partial charge in [-0.1, -0.05) is 23.3 Å². The van der Waals surface area contributed by atoms with Crippen LogP contribution in [0.2, 0.25) is 0 Å². The first kappa shape index (κ1) is 8.85. The topological polar surface area (TPSA) is 12.0 Å². The Kier molecular flexibility index (Phi) is 2.92. The van der Waals surface area contributed by atoms with Gasteiger partial charge in [0.05, 0.1) is 0 Å². The zero-order valence-corrected chi connectivity index (χ0v) is 7.89. The van der Waals surface area contributed by atoms with E-state index >= 15 is 0 Å². The molecule has 0 saturated heterocycles. The lowest BCUT2D eigenvalue weighted by atomic mass is 10.2. The average Bonchev–Trinajstić information content (AvgIpc) is 2.03. The fourth-order valence-corrected chi connectivity index (χ4v) is 0.877. The van der Waals surface area contributed by atoms with Crippen molar-refractivity contribution in [3.63, 3.8) is 0 Å². The standard InChI is InChI=1S/C11H15N.H2/c1-9(2)8-12-11-6-4-10(3)5-7-11;/h4-8,12H,1-3H3;1H. The normalized spacial score (nSPS) is 9.25. The smallest absolute Gasteiger partial charge is 0.0379 e. The molecule has 0 aliphatic carbocycles. The maximum atomic E-state index is 3.21. The SMILES string of the molecule is CC(C)=CNc1ccc(C)cc1.[HH]. The summed E-state index contributed by atoms with van der Waals surface area (Å²) in [6.07, 6.45) is 2.00. The second-order valence-corrected chi connectivity index (χ2v) is 3.23. The maximum absolute atomic E-state index is 3.21. The van der Waals surface area contributed by atoms with Crippen molar-refractivity contribution in [2.75, 3.05) is 5.32 Å². The van der Waals surface area contributed by atoms with Gasteiger partial charge in [0.1, 0.15) is 0 Å². The van der Waals surface area contributed by atoms with Crippen molar-refractivity contribution in [3.05, 3.63) is 41.6 Å². The van der Waals surface area contributed by atoms with Gasteiger partial charge in [0, 0.05) is 7.11 Å². The van der Waals surface area contributed by atoms with E-state index < -0.39 is 0 Å². The highest BCUT2D eigenvalue weighted by Gasteiger charge is 1.86. The van der Waals surface area contributed by atoms with Crippen LogP contribution in [0.4, 0.5) is 5.69 Å². The van der Waals surface area contributed by atoms with Crippen LogP contribution in [0.15, 0.2) is 36.0 Å². The molecule has 66 valence electrons. The van der Waals surface area contributed by atoms with Gasteiger partial charge in [-0.25, -0.2) is 0 Å². The quantitative estimate of drug-likeness (QED) is 0.702. The fraction of sp³-hybridized carbons (Fsp3) is 0.273. The summed E-state index contributed by atoms with van der Waals surface area (Å²) < 4.78 is 0. The number of hydrogen-bond donors (Lipinski definition) is 1. The van der Waals surface area contributed by atoms with Crippen molar-refractivity contribution in [3.8, 4) is 0 Å². The highest BCUT2D eigenvalue weighted by atomic mass is 14.8. The molecule has 0 spiro atoms. The molecular formula is C11H17N. The van der Waals surface area contributed by atoms with Crippen molar-refractivity contribution in [1.29, 1.82) is 0 Å². The van der Waals surface area contributed by atoms with E-state index in [-0.39, 0.29) is 1.43 Å². The maximum Gasteiger partial charge on any atom is 0.0379 e. The van der Waals surface area contributed by atoms with E-state index in [0.29, 0.717) is 0 Å². The summed E-state index contributed by atoms with van der Waals surface area (Å²) in [6, 6.07) is 8.35. The van der Waals surface area contributed by atoms with Gasteiger partial charge in [-0.15, -0.1) is 0 Å². The lowest BCUT2D eigenvalue weighted by molar-refractivity contribution is 1.36. The molecule has 0 fully saturated rings. The van der Waals surface area contributed by atoms with Crippen LogP contribution in [-0.4, -0.2) is 0 Å². The van der Waals surface area contributed by atoms with E-state index in [1.807, 2.05) is 6.20 Å². The van der Waals surface area contributed by atoms with Crippen LogP contribution < -0.4 is 5.32 Å². The predicted molar refractivity (Wildman–Crippen MR) is 56.3 cm³/mol. The Labute approximate surface area is 75.6 Å². The van der Waals surface area contributed by atoms with Crippen molar-refractivity contribution >= 4 is 5.69 Å². The third kappa shape index (κ3) is 2.79. The molecule has 0 atom stereocenters. The van der Waals surface area contributed by atoms with Gasteiger partial charge in [0.15, 0.2) is 0 Å². The van der Waals surface area contributed by atoms with E-state index in [1.165, 1.54) is 11.1 Å². The van der Waals surface area contributed by atoms with Gasteiger partial charge in [-0.3, -0.25) is 0 Å². The summed E-state index contributed by atoms with van der Waals surface area (Å²) >= 11 is 0. The Morgan fingerprint density at radius 2 is 1.83 bits per heavy atom. The Morgan fingerprint density at radius 3 is 2.33 bits per heavy atom. The van der Waals surface area contributed by atoms with Gasteiger partial charge >= 0.3 is 0 Å². The minimum Gasteiger partial charge on any atom is -0.362 e. The van der Waals surface area contributed by atoms with Gasteiger partial charge in [0.25, 0.3) is 0 Å². The molecule has 0 radical (unpaired) electrons. The zero-order valence-electron chi connectivity index (χ0n) is 7.89. The first-order chi connectivity index (χ1) is 5.68. The van der Waals surface area contributed by atoms with Crippen molar-refractivity contribution in [1.82, 2.24) is 0 Å². The summed E-state index contributed by atoms with van der Waals surface area (Å²) in [6.45, 7) is 6.23. The summed E-state index contributed by atoms with van der Waals surface area (Å²) in [7, 11) is 0. The van der Waals surface area contributed by atoms with E-state index in [0.717, 1.165) is 5.69 Å². The zero-order chi connectivity index (χ0) is 8.97. The summed E-state index contributed by atoms with van der Waals surface area (Å²) in [5.41, 5.74) is 3.70. The van der Waals surface area contributed by atoms with Crippen LogP contribution >= 0.6 is 0 Å². The van der Waals surface area contributed by atoms with Crippen molar-refractivity contribution < 1.29 is 1.43 Å². The van der Waals surface area contributed by atoms with Crippen LogP contribution in [-0.2, 0) is 0 Å². The molecule has 1 aromatic carbocycles. The lowest BCUT2D eigenvalue weighted by Crippen LogP contribution is -1.87. The minimum atomic E-state index is 0. The van der Waals surface area contributed by atoms with Crippen LogP contribution in [0.5, 0.6) is 0 Å².